The third kappa shape index (κ3) is 4.62. The number of hydrogen-bond acceptors (Lipinski definition) is 5. The van der Waals surface area contributed by atoms with E-state index in [1.54, 1.807) is 6.07 Å². The highest BCUT2D eigenvalue weighted by atomic mass is 32.2. The van der Waals surface area contributed by atoms with Crippen LogP contribution in [0.15, 0.2) is 23.1 Å². The zero-order chi connectivity index (χ0) is 19.4. The highest BCUT2D eigenvalue weighted by Crippen LogP contribution is 2.28. The van der Waals surface area contributed by atoms with Crippen molar-refractivity contribution in [3.8, 4) is 5.75 Å². The van der Waals surface area contributed by atoms with Crippen LogP contribution in [0.3, 0.4) is 0 Å². The molecular weight excluding hydrogens is 366 g/mol. The van der Waals surface area contributed by atoms with Gasteiger partial charge in [-0.1, -0.05) is 19.3 Å². The van der Waals surface area contributed by atoms with E-state index in [1.807, 2.05) is 0 Å². The third-order valence-corrected chi connectivity index (χ3v) is 7.21. The largest absolute Gasteiger partial charge is 0.495 e. The number of methoxy groups -OCH3 is 1. The molecule has 3 rings (SSSR count). The van der Waals surface area contributed by atoms with Crippen LogP contribution in [0, 0.1) is 5.92 Å². The molecule has 2 atom stereocenters. The van der Waals surface area contributed by atoms with Crippen LogP contribution in [0.1, 0.15) is 55.3 Å². The average molecular weight is 396 g/mol. The summed E-state index contributed by atoms with van der Waals surface area (Å²) in [6.07, 6.45) is 6.67. The first-order valence-corrected chi connectivity index (χ1v) is 11.1. The molecule has 0 heterocycles. The van der Waals surface area contributed by atoms with Crippen LogP contribution in [0.25, 0.3) is 0 Å². The van der Waals surface area contributed by atoms with Gasteiger partial charge in [0.2, 0.25) is 10.0 Å². The lowest BCUT2D eigenvalue weighted by atomic mass is 10.0. The first kappa shape index (κ1) is 20.1. The van der Waals surface area contributed by atoms with Crippen LogP contribution < -0.4 is 20.5 Å². The van der Waals surface area contributed by atoms with Crippen LogP contribution in [0.2, 0.25) is 0 Å². The molecule has 2 aliphatic rings. The Labute approximate surface area is 161 Å². The van der Waals surface area contributed by atoms with Gasteiger partial charge in [-0.25, -0.2) is 13.1 Å². The Hall–Kier alpha value is -1.64. The summed E-state index contributed by atoms with van der Waals surface area (Å²) in [5.41, 5.74) is 6.09. The van der Waals surface area contributed by atoms with Gasteiger partial charge in [0.05, 0.1) is 7.11 Å². The van der Waals surface area contributed by atoms with E-state index in [4.69, 9.17) is 10.5 Å². The fraction of sp³-hybridized carbons (Fsp3) is 0.632. The van der Waals surface area contributed by atoms with Gasteiger partial charge >= 0.3 is 0 Å². The minimum Gasteiger partial charge on any atom is -0.495 e. The van der Waals surface area contributed by atoms with Gasteiger partial charge in [-0.15, -0.1) is 0 Å². The van der Waals surface area contributed by atoms with E-state index in [1.165, 1.54) is 19.2 Å². The van der Waals surface area contributed by atoms with Crippen molar-refractivity contribution in [1.29, 1.82) is 0 Å². The summed E-state index contributed by atoms with van der Waals surface area (Å²) in [6.45, 7) is 0.540. The molecule has 7 nitrogen and oxygen atoms in total. The lowest BCUT2D eigenvalue weighted by Gasteiger charge is -2.20. The van der Waals surface area contributed by atoms with Crippen molar-refractivity contribution in [3.05, 3.63) is 23.8 Å². The summed E-state index contributed by atoms with van der Waals surface area (Å²) in [5.74, 6) is 0.234. The Balaban J connectivity index is 1.81. The number of carbonyl (C=O) groups is 1. The molecule has 0 saturated heterocycles. The number of carbonyl (C=O) groups excluding carboxylic acids is 1. The maximum Gasteiger partial charge on any atom is 0.251 e. The summed E-state index contributed by atoms with van der Waals surface area (Å²) in [6, 6.07) is 4.52. The van der Waals surface area contributed by atoms with Crippen molar-refractivity contribution in [2.75, 3.05) is 13.7 Å². The number of benzene rings is 1. The Morgan fingerprint density at radius 3 is 2.59 bits per heavy atom. The normalized spacial score (nSPS) is 23.5. The quantitative estimate of drug-likeness (QED) is 0.652. The second-order valence-corrected chi connectivity index (χ2v) is 9.16. The number of nitrogens with two attached hydrogens (primary N) is 1. The SMILES string of the molecule is COc1ccc(C(=O)NC2CCCC2CN)cc1S(=O)(=O)NC1CCCC1. The van der Waals surface area contributed by atoms with E-state index in [9.17, 15) is 13.2 Å². The highest BCUT2D eigenvalue weighted by molar-refractivity contribution is 7.89. The van der Waals surface area contributed by atoms with Gasteiger partial charge in [0, 0.05) is 17.6 Å². The molecule has 2 saturated carbocycles. The molecule has 8 heteroatoms. The molecule has 1 aromatic rings. The van der Waals surface area contributed by atoms with Crippen LogP contribution in [0.5, 0.6) is 5.75 Å². The standard InChI is InChI=1S/C19H29N3O4S/c1-26-17-10-9-13(19(23)21-16-8-4-5-14(16)12-20)11-18(17)27(24,25)22-15-6-2-3-7-15/h9-11,14-16,22H,2-8,12,20H2,1H3,(H,21,23). The molecule has 4 N–H and O–H groups in total. The maximum atomic E-state index is 12.8. The molecule has 2 aliphatic carbocycles. The van der Waals surface area contributed by atoms with Crippen molar-refractivity contribution >= 4 is 15.9 Å². The van der Waals surface area contributed by atoms with Crippen LogP contribution >= 0.6 is 0 Å². The minimum absolute atomic E-state index is 0.00588. The first-order chi connectivity index (χ1) is 12.9. The zero-order valence-corrected chi connectivity index (χ0v) is 16.6. The molecule has 27 heavy (non-hydrogen) atoms. The lowest BCUT2D eigenvalue weighted by molar-refractivity contribution is 0.0928. The van der Waals surface area contributed by atoms with Crippen LogP contribution in [0.4, 0.5) is 0 Å². The fourth-order valence-corrected chi connectivity index (χ4v) is 5.62. The van der Waals surface area contributed by atoms with Crippen LogP contribution in [-0.4, -0.2) is 40.1 Å². The minimum atomic E-state index is -3.76. The van der Waals surface area contributed by atoms with Gasteiger partial charge < -0.3 is 15.8 Å². The molecule has 2 unspecified atom stereocenters. The summed E-state index contributed by atoms with van der Waals surface area (Å²) in [4.78, 5) is 12.7. The van der Waals surface area contributed by atoms with Gasteiger partial charge in [0.15, 0.2) is 0 Å². The van der Waals surface area contributed by atoms with Crippen molar-refractivity contribution < 1.29 is 17.9 Å². The van der Waals surface area contributed by atoms with Crippen molar-refractivity contribution in [2.45, 2.75) is 61.9 Å². The number of nitrogens with one attached hydrogen (secondary N) is 2. The second-order valence-electron chi connectivity index (χ2n) is 7.47. The molecule has 1 amide bonds. The number of sulfonamides is 1. The highest BCUT2D eigenvalue weighted by Gasteiger charge is 2.29. The molecule has 0 radical (unpaired) electrons. The maximum absolute atomic E-state index is 12.8. The van der Waals surface area contributed by atoms with E-state index in [0.717, 1.165) is 44.9 Å². The molecular formula is C19H29N3O4S. The van der Waals surface area contributed by atoms with E-state index < -0.39 is 10.0 Å². The number of ether oxygens (including phenoxy) is 1. The second kappa shape index (κ2) is 8.58. The monoisotopic (exact) mass is 395 g/mol. The number of hydrogen-bond donors (Lipinski definition) is 3. The summed E-state index contributed by atoms with van der Waals surface area (Å²) >= 11 is 0. The Morgan fingerprint density at radius 1 is 1.19 bits per heavy atom. The zero-order valence-electron chi connectivity index (χ0n) is 15.7. The smallest absolute Gasteiger partial charge is 0.251 e. The van der Waals surface area contributed by atoms with Crippen molar-refractivity contribution in [3.63, 3.8) is 0 Å². The molecule has 0 aliphatic heterocycles. The van der Waals surface area contributed by atoms with Gasteiger partial charge in [0.25, 0.3) is 5.91 Å². The first-order valence-electron chi connectivity index (χ1n) is 9.66. The van der Waals surface area contributed by atoms with Gasteiger partial charge in [-0.2, -0.15) is 0 Å². The van der Waals surface area contributed by atoms with E-state index in [0.29, 0.717) is 12.1 Å². The van der Waals surface area contributed by atoms with E-state index in [2.05, 4.69) is 10.0 Å². The molecule has 1 aromatic carbocycles. The van der Waals surface area contributed by atoms with Crippen molar-refractivity contribution in [2.24, 2.45) is 11.7 Å². The predicted octanol–water partition coefficient (Wildman–Crippen LogP) is 1.77. The average Bonchev–Trinajstić information content (AvgIpc) is 3.32. The summed E-state index contributed by atoms with van der Waals surface area (Å²) in [7, 11) is -2.34. The number of amides is 1. The Kier molecular flexibility index (Phi) is 6.39. The van der Waals surface area contributed by atoms with Crippen LogP contribution in [-0.2, 0) is 10.0 Å². The fourth-order valence-electron chi connectivity index (χ4n) is 4.12. The number of rotatable bonds is 7. The molecule has 2 fully saturated rings. The Bertz CT molecular complexity index is 775. The van der Waals surface area contributed by atoms with E-state index in [-0.39, 0.29) is 34.6 Å². The molecule has 0 bridgehead atoms. The summed E-state index contributed by atoms with van der Waals surface area (Å²) in [5, 5.41) is 3.01. The van der Waals surface area contributed by atoms with E-state index >= 15 is 0 Å². The Morgan fingerprint density at radius 2 is 1.93 bits per heavy atom. The molecule has 0 spiro atoms. The third-order valence-electron chi connectivity index (χ3n) is 5.67. The van der Waals surface area contributed by atoms with Gasteiger partial charge in [-0.3, -0.25) is 4.79 Å². The predicted molar refractivity (Wildman–Crippen MR) is 103 cm³/mol. The lowest BCUT2D eigenvalue weighted by Crippen LogP contribution is -2.40. The molecule has 150 valence electrons. The van der Waals surface area contributed by atoms with Gasteiger partial charge in [0.1, 0.15) is 10.6 Å². The van der Waals surface area contributed by atoms with Crippen molar-refractivity contribution in [1.82, 2.24) is 10.0 Å². The van der Waals surface area contributed by atoms with Gasteiger partial charge in [-0.05, 0) is 56.3 Å². The topological polar surface area (TPSA) is 111 Å². The molecule has 0 aromatic heterocycles. The summed E-state index contributed by atoms with van der Waals surface area (Å²) < 4.78 is 33.7.